The summed E-state index contributed by atoms with van der Waals surface area (Å²) in [5.41, 5.74) is -0.654. The summed E-state index contributed by atoms with van der Waals surface area (Å²) in [4.78, 5) is 29.4. The second-order valence-electron chi connectivity index (χ2n) is 11.3. The van der Waals surface area contributed by atoms with Gasteiger partial charge in [0.2, 0.25) is 11.8 Å². The summed E-state index contributed by atoms with van der Waals surface area (Å²) in [6.45, 7) is 2.39. The minimum absolute atomic E-state index is 0.0236. The maximum Gasteiger partial charge on any atom is 0.416 e. The van der Waals surface area contributed by atoms with E-state index in [2.05, 4.69) is 5.32 Å². The zero-order chi connectivity index (χ0) is 35.9. The Morgan fingerprint density at radius 2 is 1.49 bits per heavy atom. The number of carbonyl (C=O) groups is 2. The van der Waals surface area contributed by atoms with Crippen molar-refractivity contribution in [3.8, 4) is 0 Å². The number of anilines is 1. The Bertz CT molecular complexity index is 1880. The Morgan fingerprint density at radius 1 is 0.857 bits per heavy atom. The number of hydrogen-bond acceptors (Lipinski definition) is 4. The monoisotopic (exact) mass is 753 g/mol. The number of nitrogens with zero attached hydrogens (tertiary/aromatic N) is 2. The summed E-state index contributed by atoms with van der Waals surface area (Å²) >= 11 is 19.0. The molecule has 14 heteroatoms. The van der Waals surface area contributed by atoms with Gasteiger partial charge in [-0.3, -0.25) is 13.9 Å². The Labute approximate surface area is 298 Å². The summed E-state index contributed by atoms with van der Waals surface area (Å²) in [5.74, 6) is -1.43. The SMILES string of the molecule is CC[C@@H](C)NC(=O)[C@H](Cc1ccccc1)N(Cc1ccc(Cl)cc1Cl)C(=O)CN(c1cc(C(F)(F)F)ccc1Cl)S(=O)(=O)c1ccccc1. The molecular weight excluding hydrogens is 722 g/mol. The van der Waals surface area contributed by atoms with Crippen LogP contribution in [-0.4, -0.2) is 43.8 Å². The average Bonchev–Trinajstić information content (AvgIpc) is 3.06. The molecule has 1 N–H and O–H groups in total. The molecule has 260 valence electrons. The van der Waals surface area contributed by atoms with Gasteiger partial charge in [-0.25, -0.2) is 8.42 Å². The molecular formula is C35H33Cl3F3N3O4S. The highest BCUT2D eigenvalue weighted by Crippen LogP contribution is 2.37. The number of alkyl halides is 3. The minimum atomic E-state index is -4.85. The number of rotatable bonds is 13. The Hall–Kier alpha value is -3.77. The molecule has 4 rings (SSSR count). The van der Waals surface area contributed by atoms with Gasteiger partial charge >= 0.3 is 6.18 Å². The second kappa shape index (κ2) is 16.3. The molecule has 0 saturated heterocycles. The standard InChI is InChI=1S/C35H33Cl3F3N3O4S/c1-3-23(2)42-34(46)32(18-24-10-6-4-7-11-24)43(21-25-14-16-27(36)20-30(25)38)33(45)22-44(49(47,48)28-12-8-5-9-13-28)31-19-26(35(39,40)41)15-17-29(31)37/h4-17,19-20,23,32H,3,18,21-22H2,1-2H3,(H,42,46)/t23-,32+/m1/s1. The van der Waals surface area contributed by atoms with Crippen LogP contribution < -0.4 is 9.62 Å². The minimum Gasteiger partial charge on any atom is -0.352 e. The van der Waals surface area contributed by atoms with Crippen molar-refractivity contribution in [2.24, 2.45) is 0 Å². The van der Waals surface area contributed by atoms with Crippen molar-refractivity contribution in [2.75, 3.05) is 10.8 Å². The first-order chi connectivity index (χ1) is 23.1. The van der Waals surface area contributed by atoms with Crippen molar-refractivity contribution in [3.63, 3.8) is 0 Å². The van der Waals surface area contributed by atoms with Crippen LogP contribution in [0.2, 0.25) is 15.1 Å². The van der Waals surface area contributed by atoms with Crippen molar-refractivity contribution in [1.82, 2.24) is 10.2 Å². The van der Waals surface area contributed by atoms with E-state index in [-0.39, 0.29) is 33.9 Å². The molecule has 0 saturated carbocycles. The Kier molecular flexibility index (Phi) is 12.6. The number of nitrogens with one attached hydrogen (secondary N) is 1. The topological polar surface area (TPSA) is 86.8 Å². The lowest BCUT2D eigenvalue weighted by Gasteiger charge is -2.34. The molecule has 0 aliphatic carbocycles. The highest BCUT2D eigenvalue weighted by Gasteiger charge is 2.37. The number of benzene rings is 4. The van der Waals surface area contributed by atoms with Crippen LogP contribution >= 0.6 is 34.8 Å². The maximum absolute atomic E-state index is 14.6. The molecule has 0 aliphatic rings. The molecule has 0 heterocycles. The van der Waals surface area contributed by atoms with Crippen LogP contribution in [0.5, 0.6) is 0 Å². The molecule has 0 radical (unpaired) electrons. The molecule has 0 aromatic heterocycles. The third-order valence-electron chi connectivity index (χ3n) is 7.78. The Balaban J connectivity index is 1.89. The van der Waals surface area contributed by atoms with Crippen molar-refractivity contribution >= 4 is 62.3 Å². The molecule has 49 heavy (non-hydrogen) atoms. The normalized spacial score (nSPS) is 13.0. The highest BCUT2D eigenvalue weighted by atomic mass is 35.5. The van der Waals surface area contributed by atoms with Gasteiger partial charge in [0.25, 0.3) is 10.0 Å². The molecule has 7 nitrogen and oxygen atoms in total. The fourth-order valence-corrected chi connectivity index (χ4v) is 7.13. The maximum atomic E-state index is 14.6. The van der Waals surface area contributed by atoms with Crippen LogP contribution in [0, 0.1) is 0 Å². The van der Waals surface area contributed by atoms with Crippen LogP contribution in [0.15, 0.2) is 102 Å². The smallest absolute Gasteiger partial charge is 0.352 e. The Morgan fingerprint density at radius 3 is 2.08 bits per heavy atom. The first-order valence-corrected chi connectivity index (χ1v) is 17.7. The number of halogens is 6. The number of amides is 2. The predicted octanol–water partition coefficient (Wildman–Crippen LogP) is 8.42. The lowest BCUT2D eigenvalue weighted by molar-refractivity contribution is -0.140. The third kappa shape index (κ3) is 9.69. The van der Waals surface area contributed by atoms with E-state index in [9.17, 15) is 31.2 Å². The van der Waals surface area contributed by atoms with Gasteiger partial charge in [0.1, 0.15) is 12.6 Å². The second-order valence-corrected chi connectivity index (χ2v) is 14.4. The van der Waals surface area contributed by atoms with Gasteiger partial charge in [0.15, 0.2) is 0 Å². The summed E-state index contributed by atoms with van der Waals surface area (Å²) in [5, 5.41) is 3.06. The van der Waals surface area contributed by atoms with E-state index in [1.54, 1.807) is 55.5 Å². The fraction of sp³-hybridized carbons (Fsp3) is 0.257. The summed E-state index contributed by atoms with van der Waals surface area (Å²) < 4.78 is 70.4. The predicted molar refractivity (Wildman–Crippen MR) is 186 cm³/mol. The molecule has 2 amide bonds. The van der Waals surface area contributed by atoms with E-state index in [1.807, 2.05) is 6.92 Å². The summed E-state index contributed by atoms with van der Waals surface area (Å²) in [7, 11) is -4.69. The largest absolute Gasteiger partial charge is 0.416 e. The zero-order valence-electron chi connectivity index (χ0n) is 26.4. The van der Waals surface area contributed by atoms with Gasteiger partial charge in [0.05, 0.1) is 21.2 Å². The van der Waals surface area contributed by atoms with Crippen molar-refractivity contribution in [3.05, 3.63) is 129 Å². The molecule has 0 aliphatic heterocycles. The van der Waals surface area contributed by atoms with Crippen LogP contribution in [-0.2, 0) is 38.8 Å². The first-order valence-electron chi connectivity index (χ1n) is 15.1. The molecule has 2 atom stereocenters. The number of hydrogen-bond donors (Lipinski definition) is 1. The highest BCUT2D eigenvalue weighted by molar-refractivity contribution is 7.92. The molecule has 4 aromatic rings. The summed E-state index contributed by atoms with van der Waals surface area (Å²) in [6, 6.07) is 21.1. The third-order valence-corrected chi connectivity index (χ3v) is 10.5. The molecule has 0 fully saturated rings. The zero-order valence-corrected chi connectivity index (χ0v) is 29.5. The molecule has 0 spiro atoms. The van der Waals surface area contributed by atoms with Crippen LogP contribution in [0.25, 0.3) is 0 Å². The first kappa shape index (κ1) is 38.0. The van der Waals surface area contributed by atoms with Gasteiger partial charge in [-0.1, -0.05) is 96.3 Å². The van der Waals surface area contributed by atoms with Crippen LogP contribution in [0.1, 0.15) is 37.0 Å². The fourth-order valence-electron chi connectivity index (χ4n) is 4.94. The average molecular weight is 755 g/mol. The van der Waals surface area contributed by atoms with E-state index in [0.29, 0.717) is 39.0 Å². The van der Waals surface area contributed by atoms with Gasteiger partial charge in [0, 0.05) is 29.1 Å². The van der Waals surface area contributed by atoms with Gasteiger partial charge < -0.3 is 10.2 Å². The number of carbonyl (C=O) groups excluding carboxylic acids is 2. The van der Waals surface area contributed by atoms with Crippen molar-refractivity contribution < 1.29 is 31.2 Å². The molecule has 4 aromatic carbocycles. The van der Waals surface area contributed by atoms with E-state index >= 15 is 0 Å². The lowest BCUT2D eigenvalue weighted by Crippen LogP contribution is -2.54. The molecule has 0 bridgehead atoms. The van der Waals surface area contributed by atoms with E-state index in [0.717, 1.165) is 6.07 Å². The van der Waals surface area contributed by atoms with Crippen LogP contribution in [0.3, 0.4) is 0 Å². The molecule has 0 unspecified atom stereocenters. The van der Waals surface area contributed by atoms with Gasteiger partial charge in [-0.15, -0.1) is 0 Å². The van der Waals surface area contributed by atoms with E-state index < -0.39 is 51.9 Å². The van der Waals surface area contributed by atoms with Gasteiger partial charge in [-0.05, 0) is 66.9 Å². The van der Waals surface area contributed by atoms with Crippen molar-refractivity contribution in [1.29, 1.82) is 0 Å². The number of sulfonamides is 1. The lowest BCUT2D eigenvalue weighted by atomic mass is 10.0. The van der Waals surface area contributed by atoms with Crippen molar-refractivity contribution in [2.45, 2.75) is 56.4 Å². The van der Waals surface area contributed by atoms with E-state index in [4.69, 9.17) is 34.8 Å². The van der Waals surface area contributed by atoms with Gasteiger partial charge in [-0.2, -0.15) is 13.2 Å². The van der Waals surface area contributed by atoms with E-state index in [1.165, 1.54) is 35.2 Å². The summed E-state index contributed by atoms with van der Waals surface area (Å²) in [6.07, 6.45) is -4.24. The van der Waals surface area contributed by atoms with Crippen LogP contribution in [0.4, 0.5) is 18.9 Å². The quantitative estimate of drug-likeness (QED) is 0.149.